The van der Waals surface area contributed by atoms with Crippen molar-refractivity contribution in [3.05, 3.63) is 35.4 Å². The van der Waals surface area contributed by atoms with E-state index in [4.69, 9.17) is 0 Å². The molecule has 6 rings (SSSR count). The van der Waals surface area contributed by atoms with Gasteiger partial charge in [-0.15, -0.1) is 0 Å². The fourth-order valence-corrected chi connectivity index (χ4v) is 8.57. The predicted octanol–water partition coefficient (Wildman–Crippen LogP) is 2.22. The maximum atomic E-state index is 13.8. The van der Waals surface area contributed by atoms with Gasteiger partial charge >= 0.3 is 0 Å². The molecule has 3 heterocycles. The van der Waals surface area contributed by atoms with Crippen LogP contribution in [-0.2, 0) is 22.4 Å². The summed E-state index contributed by atoms with van der Waals surface area (Å²) >= 11 is 0. The summed E-state index contributed by atoms with van der Waals surface area (Å²) in [6.07, 6.45) is 7.83. The molecule has 4 fully saturated rings. The fourth-order valence-electron chi connectivity index (χ4n) is 8.57. The molecule has 0 aromatic heterocycles. The number of hydrogen-bond donors (Lipinski definition) is 2. The molecule has 1 saturated carbocycles. The number of piperidine rings is 1. The van der Waals surface area contributed by atoms with Gasteiger partial charge in [0.2, 0.25) is 11.8 Å². The average molecular weight is 465 g/mol. The molecule has 2 amide bonds. The van der Waals surface area contributed by atoms with Gasteiger partial charge in [0.25, 0.3) is 0 Å². The number of likely N-dealkylation sites (tertiary alicyclic amines) is 1. The quantitative estimate of drug-likeness (QED) is 0.678. The summed E-state index contributed by atoms with van der Waals surface area (Å²) in [4.78, 5) is 31.6. The van der Waals surface area contributed by atoms with Crippen LogP contribution in [0.2, 0.25) is 0 Å². The van der Waals surface area contributed by atoms with Gasteiger partial charge < -0.3 is 20.4 Å². The van der Waals surface area contributed by atoms with E-state index in [-0.39, 0.29) is 35.2 Å². The molecule has 1 aromatic carbocycles. The van der Waals surface area contributed by atoms with Crippen molar-refractivity contribution >= 4 is 11.8 Å². The Kier molecular flexibility index (Phi) is 5.72. The Labute approximate surface area is 203 Å². The average Bonchev–Trinajstić information content (AvgIpc) is 3.51. The zero-order chi connectivity index (χ0) is 23.4. The van der Waals surface area contributed by atoms with Crippen LogP contribution >= 0.6 is 0 Å². The van der Waals surface area contributed by atoms with Gasteiger partial charge in [0, 0.05) is 38.1 Å². The predicted molar refractivity (Wildman–Crippen MR) is 132 cm³/mol. The molecule has 0 radical (unpaired) electrons. The standard InChI is InChI=1S/C28H40N4O2/c1-3-23(29-2)26(33)30-25-21-10-6-7-11-28(21)17-32(27(25)34)24-16-31(15-22(24)28)14-18-12-19-8-4-5-9-20(19)13-18/h4-5,8-9,18,21-25,29H,3,6-7,10-17H2,1-2H3,(H,30,33)/t21?,22-,23-,24+,25-,28?/m0/s1. The van der Waals surface area contributed by atoms with Crippen molar-refractivity contribution in [2.24, 2.45) is 23.2 Å². The second-order valence-electron chi connectivity index (χ2n) is 11.7. The van der Waals surface area contributed by atoms with Crippen molar-refractivity contribution in [2.45, 2.75) is 70.0 Å². The topological polar surface area (TPSA) is 64.7 Å². The molecule has 3 saturated heterocycles. The summed E-state index contributed by atoms with van der Waals surface area (Å²) < 4.78 is 0. The maximum Gasteiger partial charge on any atom is 0.245 e. The van der Waals surface area contributed by atoms with E-state index in [1.165, 1.54) is 43.2 Å². The molecule has 34 heavy (non-hydrogen) atoms. The van der Waals surface area contributed by atoms with Gasteiger partial charge in [0.1, 0.15) is 6.04 Å². The first-order valence-electron chi connectivity index (χ1n) is 13.6. The highest BCUT2D eigenvalue weighted by Gasteiger charge is 2.66. The van der Waals surface area contributed by atoms with Crippen molar-refractivity contribution in [3.63, 3.8) is 0 Å². The largest absolute Gasteiger partial charge is 0.343 e. The number of benzene rings is 1. The molecule has 1 aromatic rings. The van der Waals surface area contributed by atoms with Crippen LogP contribution in [-0.4, -0.2) is 73.0 Å². The highest BCUT2D eigenvalue weighted by molar-refractivity contribution is 5.91. The van der Waals surface area contributed by atoms with Crippen LogP contribution in [0.25, 0.3) is 0 Å². The van der Waals surface area contributed by atoms with E-state index in [9.17, 15) is 9.59 Å². The minimum Gasteiger partial charge on any atom is -0.343 e. The van der Waals surface area contributed by atoms with Crippen LogP contribution in [0.3, 0.4) is 0 Å². The van der Waals surface area contributed by atoms with E-state index in [0.717, 1.165) is 39.0 Å². The number of rotatable bonds is 6. The first-order valence-corrected chi connectivity index (χ1v) is 13.6. The zero-order valence-corrected chi connectivity index (χ0v) is 20.8. The summed E-state index contributed by atoms with van der Waals surface area (Å²) in [6.45, 7) is 6.20. The third-order valence-corrected chi connectivity index (χ3v) is 10.1. The lowest BCUT2D eigenvalue weighted by Crippen LogP contribution is -2.64. The Morgan fingerprint density at radius 1 is 1.15 bits per heavy atom. The second-order valence-corrected chi connectivity index (χ2v) is 11.7. The van der Waals surface area contributed by atoms with E-state index >= 15 is 0 Å². The molecule has 184 valence electrons. The Hall–Kier alpha value is -1.92. The van der Waals surface area contributed by atoms with Gasteiger partial charge in [0.05, 0.1) is 6.04 Å². The van der Waals surface area contributed by atoms with Gasteiger partial charge in [-0.25, -0.2) is 0 Å². The van der Waals surface area contributed by atoms with Crippen LogP contribution in [0.1, 0.15) is 50.2 Å². The van der Waals surface area contributed by atoms with Crippen molar-refractivity contribution < 1.29 is 9.59 Å². The van der Waals surface area contributed by atoms with E-state index in [1.807, 2.05) is 14.0 Å². The minimum absolute atomic E-state index is 0.0147. The molecule has 1 spiro atoms. The van der Waals surface area contributed by atoms with E-state index in [1.54, 1.807) is 0 Å². The highest BCUT2D eigenvalue weighted by atomic mass is 16.2. The number of amides is 2. The lowest BCUT2D eigenvalue weighted by atomic mass is 9.57. The van der Waals surface area contributed by atoms with Gasteiger partial charge in [-0.2, -0.15) is 0 Å². The first kappa shape index (κ1) is 22.5. The molecule has 3 aliphatic heterocycles. The molecular weight excluding hydrogens is 424 g/mol. The third kappa shape index (κ3) is 3.43. The fraction of sp³-hybridized carbons (Fsp3) is 0.714. The minimum atomic E-state index is -0.340. The Morgan fingerprint density at radius 3 is 2.62 bits per heavy atom. The van der Waals surface area contributed by atoms with E-state index in [2.05, 4.69) is 44.7 Å². The Bertz CT molecular complexity index is 936. The summed E-state index contributed by atoms with van der Waals surface area (Å²) in [6, 6.07) is 8.67. The van der Waals surface area contributed by atoms with Crippen LogP contribution in [0, 0.1) is 23.2 Å². The molecule has 5 aliphatic rings. The van der Waals surface area contributed by atoms with Crippen LogP contribution in [0.15, 0.2) is 24.3 Å². The Balaban J connectivity index is 1.20. The van der Waals surface area contributed by atoms with Gasteiger partial charge in [0.15, 0.2) is 0 Å². The Morgan fingerprint density at radius 2 is 1.91 bits per heavy atom. The van der Waals surface area contributed by atoms with Crippen molar-refractivity contribution in [3.8, 4) is 0 Å². The zero-order valence-electron chi connectivity index (χ0n) is 20.8. The van der Waals surface area contributed by atoms with E-state index < -0.39 is 0 Å². The van der Waals surface area contributed by atoms with Crippen LogP contribution < -0.4 is 10.6 Å². The van der Waals surface area contributed by atoms with Gasteiger partial charge in [-0.3, -0.25) is 9.59 Å². The highest BCUT2D eigenvalue weighted by Crippen LogP contribution is 2.59. The first-order chi connectivity index (χ1) is 16.5. The number of carbonyl (C=O) groups is 2. The number of carbonyl (C=O) groups excluding carboxylic acids is 2. The maximum absolute atomic E-state index is 13.8. The number of likely N-dealkylation sites (N-methyl/N-ethyl adjacent to an activating group) is 1. The van der Waals surface area contributed by atoms with E-state index in [0.29, 0.717) is 17.9 Å². The molecule has 2 bridgehead atoms. The third-order valence-electron chi connectivity index (χ3n) is 10.1. The second kappa shape index (κ2) is 8.63. The monoisotopic (exact) mass is 464 g/mol. The van der Waals surface area contributed by atoms with Crippen molar-refractivity contribution in [1.82, 2.24) is 20.4 Å². The number of nitrogens with one attached hydrogen (secondary N) is 2. The molecule has 6 nitrogen and oxygen atoms in total. The van der Waals surface area contributed by atoms with Crippen LogP contribution in [0.4, 0.5) is 0 Å². The summed E-state index contributed by atoms with van der Waals surface area (Å²) in [7, 11) is 1.83. The molecule has 2 N–H and O–H groups in total. The summed E-state index contributed by atoms with van der Waals surface area (Å²) in [5.74, 6) is 1.71. The molecule has 2 aliphatic carbocycles. The number of nitrogens with zero attached hydrogens (tertiary/aromatic N) is 2. The summed E-state index contributed by atoms with van der Waals surface area (Å²) in [5.41, 5.74) is 3.24. The smallest absolute Gasteiger partial charge is 0.245 e. The van der Waals surface area contributed by atoms with Crippen molar-refractivity contribution in [1.29, 1.82) is 0 Å². The normalized spacial score (nSPS) is 35.7. The van der Waals surface area contributed by atoms with Crippen molar-refractivity contribution in [2.75, 3.05) is 33.2 Å². The molecule has 6 atom stereocenters. The molecular formula is C28H40N4O2. The number of fused-ring (bicyclic) bond motifs is 4. The number of hydrogen-bond acceptors (Lipinski definition) is 4. The van der Waals surface area contributed by atoms with Gasteiger partial charge in [-0.1, -0.05) is 44.0 Å². The SMILES string of the molecule is CC[C@H](NC)C(=O)N[C@@H]1C(=O)N2CC3(CCCCC13)[C@H]1CN(CC3Cc4ccccc4C3)C[C@H]12. The van der Waals surface area contributed by atoms with Gasteiger partial charge in [-0.05, 0) is 67.5 Å². The molecule has 6 heteroatoms. The summed E-state index contributed by atoms with van der Waals surface area (Å²) in [5, 5.41) is 6.34. The lowest BCUT2D eigenvalue weighted by Gasteiger charge is -2.51. The molecule has 2 unspecified atom stereocenters. The lowest BCUT2D eigenvalue weighted by molar-refractivity contribution is -0.146. The van der Waals surface area contributed by atoms with Crippen LogP contribution in [0.5, 0.6) is 0 Å².